The maximum atomic E-state index is 6.03. The number of nitrogen functional groups attached to an aromatic ring is 1. The molecule has 2 N–H and O–H groups in total. The molecule has 0 atom stereocenters. The first-order chi connectivity index (χ1) is 8.27. The molecule has 0 spiro atoms. The van der Waals surface area contributed by atoms with E-state index in [1.54, 1.807) is 6.20 Å². The summed E-state index contributed by atoms with van der Waals surface area (Å²) in [6.07, 6.45) is 1.72. The highest BCUT2D eigenvalue weighted by Gasteiger charge is 2.16. The first kappa shape index (κ1) is 10.1. The minimum Gasteiger partial charge on any atom is -0.380 e. The van der Waals surface area contributed by atoms with Crippen LogP contribution >= 0.6 is 11.6 Å². The van der Waals surface area contributed by atoms with E-state index in [4.69, 9.17) is 21.9 Å². The second-order valence-corrected chi connectivity index (χ2v) is 3.97. The number of fused-ring (bicyclic) bond motifs is 1. The molecule has 2 aromatic heterocycles. The molecule has 0 aliphatic rings. The summed E-state index contributed by atoms with van der Waals surface area (Å²) < 4.78 is 5.14. The van der Waals surface area contributed by atoms with Gasteiger partial charge >= 0.3 is 0 Å². The van der Waals surface area contributed by atoms with Gasteiger partial charge in [-0.2, -0.15) is 0 Å². The summed E-state index contributed by atoms with van der Waals surface area (Å²) in [5.41, 5.74) is 7.17. The Labute approximate surface area is 102 Å². The van der Waals surface area contributed by atoms with Gasteiger partial charge < -0.3 is 10.3 Å². The van der Waals surface area contributed by atoms with Gasteiger partial charge in [-0.25, -0.2) is 0 Å². The molecule has 0 amide bonds. The predicted molar refractivity (Wildman–Crippen MR) is 66.7 cm³/mol. The van der Waals surface area contributed by atoms with Crippen LogP contribution in [0.5, 0.6) is 0 Å². The molecule has 1 aromatic carbocycles. The highest BCUT2D eigenvalue weighted by Crippen LogP contribution is 2.35. The van der Waals surface area contributed by atoms with Crippen LogP contribution in [0.1, 0.15) is 0 Å². The van der Waals surface area contributed by atoms with Gasteiger partial charge in [-0.3, -0.25) is 4.98 Å². The molecule has 5 heteroatoms. The Morgan fingerprint density at radius 1 is 1.18 bits per heavy atom. The molecule has 4 nitrogen and oxygen atoms in total. The van der Waals surface area contributed by atoms with Crippen molar-refractivity contribution in [1.29, 1.82) is 0 Å². The van der Waals surface area contributed by atoms with Crippen LogP contribution in [0.15, 0.2) is 41.1 Å². The van der Waals surface area contributed by atoms with Crippen LogP contribution in [0.2, 0.25) is 5.02 Å². The average molecular weight is 246 g/mol. The minimum atomic E-state index is 0.189. The lowest BCUT2D eigenvalue weighted by Crippen LogP contribution is -1.85. The molecular weight excluding hydrogens is 238 g/mol. The molecule has 3 rings (SSSR count). The zero-order chi connectivity index (χ0) is 11.8. The molecular formula is C12H8ClN3O. The quantitative estimate of drug-likeness (QED) is 0.715. The molecule has 3 aromatic rings. The lowest BCUT2D eigenvalue weighted by molar-refractivity contribution is 0.436. The summed E-state index contributed by atoms with van der Waals surface area (Å²) in [5.74, 6) is 0.642. The van der Waals surface area contributed by atoms with E-state index < -0.39 is 0 Å². The van der Waals surface area contributed by atoms with Crippen LogP contribution in [0, 0.1) is 0 Å². The second kappa shape index (κ2) is 3.75. The van der Waals surface area contributed by atoms with Gasteiger partial charge in [-0.15, -0.1) is 0 Å². The van der Waals surface area contributed by atoms with Crippen molar-refractivity contribution in [1.82, 2.24) is 10.1 Å². The lowest BCUT2D eigenvalue weighted by Gasteiger charge is -2.01. The van der Waals surface area contributed by atoms with Crippen molar-refractivity contribution in [2.45, 2.75) is 0 Å². The Balaban J connectivity index is 2.34. The third-order valence-corrected chi connectivity index (χ3v) is 2.90. The van der Waals surface area contributed by atoms with Gasteiger partial charge in [-0.1, -0.05) is 35.0 Å². The van der Waals surface area contributed by atoms with Crippen molar-refractivity contribution in [2.75, 3.05) is 5.73 Å². The zero-order valence-corrected chi connectivity index (χ0v) is 9.48. The molecule has 84 valence electrons. The van der Waals surface area contributed by atoms with Crippen LogP contribution in [0.25, 0.3) is 22.2 Å². The van der Waals surface area contributed by atoms with Gasteiger partial charge in [0.25, 0.3) is 0 Å². The fourth-order valence-electron chi connectivity index (χ4n) is 1.75. The number of para-hydroxylation sites is 1. The van der Waals surface area contributed by atoms with Crippen molar-refractivity contribution >= 4 is 28.3 Å². The topological polar surface area (TPSA) is 64.9 Å². The van der Waals surface area contributed by atoms with E-state index >= 15 is 0 Å². The summed E-state index contributed by atoms with van der Waals surface area (Å²) in [4.78, 5) is 4.32. The number of nitrogens with zero attached hydrogens (tertiary/aromatic N) is 2. The summed E-state index contributed by atoms with van der Waals surface area (Å²) in [5, 5.41) is 4.97. The van der Waals surface area contributed by atoms with Crippen molar-refractivity contribution < 1.29 is 4.52 Å². The second-order valence-electron chi connectivity index (χ2n) is 3.59. The number of rotatable bonds is 1. The fourth-order valence-corrected chi connectivity index (χ4v) is 1.92. The maximum Gasteiger partial charge on any atom is 0.189 e. The number of hydrogen-bond donors (Lipinski definition) is 1. The van der Waals surface area contributed by atoms with Crippen molar-refractivity contribution in [3.05, 3.63) is 41.6 Å². The molecule has 2 heterocycles. The SMILES string of the molecule is Nc1noc(-c2cccc3cccnc23)c1Cl. The molecule has 0 saturated carbocycles. The first-order valence-electron chi connectivity index (χ1n) is 5.02. The molecule has 0 aliphatic carbocycles. The van der Waals surface area contributed by atoms with Crippen LogP contribution in [-0.4, -0.2) is 10.1 Å². The van der Waals surface area contributed by atoms with Crippen molar-refractivity contribution in [3.63, 3.8) is 0 Å². The normalized spacial score (nSPS) is 10.9. The summed E-state index contributed by atoms with van der Waals surface area (Å²) >= 11 is 6.03. The van der Waals surface area contributed by atoms with E-state index in [0.29, 0.717) is 10.8 Å². The molecule has 0 bridgehead atoms. The van der Waals surface area contributed by atoms with Crippen LogP contribution in [-0.2, 0) is 0 Å². The van der Waals surface area contributed by atoms with Crippen molar-refractivity contribution in [3.8, 4) is 11.3 Å². The Hall–Kier alpha value is -2.07. The van der Waals surface area contributed by atoms with E-state index in [1.807, 2.05) is 30.3 Å². The smallest absolute Gasteiger partial charge is 0.189 e. The average Bonchev–Trinajstić information content (AvgIpc) is 2.69. The van der Waals surface area contributed by atoms with Gasteiger partial charge in [-0.05, 0) is 12.1 Å². The minimum absolute atomic E-state index is 0.189. The third kappa shape index (κ3) is 1.54. The van der Waals surface area contributed by atoms with Gasteiger partial charge in [0.15, 0.2) is 11.6 Å². The predicted octanol–water partition coefficient (Wildman–Crippen LogP) is 3.13. The first-order valence-corrected chi connectivity index (χ1v) is 5.40. The molecule has 0 fully saturated rings. The monoisotopic (exact) mass is 245 g/mol. The fraction of sp³-hybridized carbons (Fsp3) is 0. The molecule has 0 unspecified atom stereocenters. The zero-order valence-electron chi connectivity index (χ0n) is 8.72. The van der Waals surface area contributed by atoms with Crippen molar-refractivity contribution in [2.24, 2.45) is 0 Å². The molecule has 17 heavy (non-hydrogen) atoms. The Morgan fingerprint density at radius 3 is 2.76 bits per heavy atom. The highest BCUT2D eigenvalue weighted by atomic mass is 35.5. The number of pyridine rings is 1. The Kier molecular flexibility index (Phi) is 2.23. The Morgan fingerprint density at radius 2 is 2.00 bits per heavy atom. The van der Waals surface area contributed by atoms with E-state index in [-0.39, 0.29) is 5.82 Å². The van der Waals surface area contributed by atoms with E-state index in [1.165, 1.54) is 0 Å². The molecule has 0 radical (unpaired) electrons. The number of benzene rings is 1. The largest absolute Gasteiger partial charge is 0.380 e. The summed E-state index contributed by atoms with van der Waals surface area (Å²) in [6, 6.07) is 9.61. The lowest BCUT2D eigenvalue weighted by atomic mass is 10.1. The molecule has 0 aliphatic heterocycles. The number of anilines is 1. The standard InChI is InChI=1S/C12H8ClN3O/c13-9-11(17-16-12(9)14)8-5-1-3-7-4-2-6-15-10(7)8/h1-6H,(H2,14,16). The van der Waals surface area contributed by atoms with Gasteiger partial charge in [0.05, 0.1) is 5.52 Å². The van der Waals surface area contributed by atoms with Gasteiger partial charge in [0.1, 0.15) is 5.02 Å². The summed E-state index contributed by atoms with van der Waals surface area (Å²) in [6.45, 7) is 0. The number of nitrogens with two attached hydrogens (primary N) is 1. The van der Waals surface area contributed by atoms with Crippen LogP contribution in [0.3, 0.4) is 0 Å². The molecule has 0 saturated heterocycles. The maximum absolute atomic E-state index is 6.03. The van der Waals surface area contributed by atoms with E-state index in [0.717, 1.165) is 16.5 Å². The van der Waals surface area contributed by atoms with Gasteiger partial charge in [0, 0.05) is 17.1 Å². The number of aromatic nitrogens is 2. The van der Waals surface area contributed by atoms with Crippen LogP contribution in [0.4, 0.5) is 5.82 Å². The number of hydrogen-bond acceptors (Lipinski definition) is 4. The number of halogens is 1. The summed E-state index contributed by atoms with van der Waals surface area (Å²) in [7, 11) is 0. The highest BCUT2D eigenvalue weighted by molar-refractivity contribution is 6.35. The Bertz CT molecular complexity index is 688. The van der Waals surface area contributed by atoms with Crippen LogP contribution < -0.4 is 5.73 Å². The van der Waals surface area contributed by atoms with Gasteiger partial charge in [0.2, 0.25) is 0 Å². The van der Waals surface area contributed by atoms with E-state index in [2.05, 4.69) is 10.1 Å². The third-order valence-electron chi connectivity index (χ3n) is 2.54. The van der Waals surface area contributed by atoms with E-state index in [9.17, 15) is 0 Å².